The van der Waals surface area contributed by atoms with Gasteiger partial charge in [-0.25, -0.2) is 9.13 Å². The number of hydrogen-bond acceptors (Lipinski definition) is 4. The molecular formula is C44H54N2S4Si2+2. The zero-order valence-electron chi connectivity index (χ0n) is 31.9. The number of rotatable bonds is 15. The zero-order valence-corrected chi connectivity index (χ0v) is 37.2. The third-order valence-electron chi connectivity index (χ3n) is 12.0. The lowest BCUT2D eigenvalue weighted by Gasteiger charge is -2.29. The molecular weight excluding hydrogens is 741 g/mol. The van der Waals surface area contributed by atoms with E-state index in [1.54, 1.807) is 50.0 Å². The van der Waals surface area contributed by atoms with Gasteiger partial charge in [0.2, 0.25) is 0 Å². The van der Waals surface area contributed by atoms with Crippen molar-refractivity contribution in [2.75, 3.05) is 0 Å². The number of unbranched alkanes of at least 4 members (excludes halogenated alkanes) is 4. The van der Waals surface area contributed by atoms with Crippen LogP contribution in [0, 0.1) is 0 Å². The van der Waals surface area contributed by atoms with Gasteiger partial charge in [0.25, 0.3) is 0 Å². The summed E-state index contributed by atoms with van der Waals surface area (Å²) in [6.45, 7) is 9.57. The monoisotopic (exact) mass is 794 g/mol. The van der Waals surface area contributed by atoms with Crippen molar-refractivity contribution in [1.29, 1.82) is 0 Å². The Hall–Kier alpha value is -2.47. The van der Waals surface area contributed by atoms with Crippen LogP contribution in [-0.4, -0.2) is 16.1 Å². The van der Waals surface area contributed by atoms with Gasteiger partial charge in [-0.15, -0.1) is 45.3 Å². The predicted octanol–water partition coefficient (Wildman–Crippen LogP) is 10.9. The van der Waals surface area contributed by atoms with E-state index in [2.05, 4.69) is 170 Å². The van der Waals surface area contributed by atoms with Gasteiger partial charge in [0, 0.05) is 74.4 Å². The number of thiophene rings is 4. The van der Waals surface area contributed by atoms with Crippen LogP contribution in [0.4, 0.5) is 0 Å². The van der Waals surface area contributed by atoms with Crippen molar-refractivity contribution in [2.24, 2.45) is 14.1 Å². The Morgan fingerprint density at radius 2 is 0.692 bits per heavy atom. The minimum atomic E-state index is -1.88. The third kappa shape index (κ3) is 6.13. The van der Waals surface area contributed by atoms with Crippen molar-refractivity contribution in [3.63, 3.8) is 0 Å². The summed E-state index contributed by atoms with van der Waals surface area (Å²) in [5, 5.41) is 7.10. The van der Waals surface area contributed by atoms with Gasteiger partial charge in [0.05, 0.1) is 0 Å². The highest BCUT2D eigenvalue weighted by molar-refractivity contribution is 7.35. The molecule has 0 amide bonds. The highest BCUT2D eigenvalue weighted by atomic mass is 32.1. The average molecular weight is 795 g/mol. The number of fused-ring (bicyclic) bond motifs is 6. The van der Waals surface area contributed by atoms with E-state index in [1.165, 1.54) is 96.4 Å². The SMILES string of the molecule is CCCC[Si]1(CCCC)c2cc(-c3cc[n+](C)cc3)sc2-c2sc(-c3cc4c(s3)-c3sc(-c5cc[n+](C)cc5)cc3[Si]4(CCCC)CCCC)cc21. The van der Waals surface area contributed by atoms with Crippen LogP contribution in [-0.2, 0) is 14.1 Å². The zero-order chi connectivity index (χ0) is 36.0. The van der Waals surface area contributed by atoms with Crippen molar-refractivity contribution >= 4 is 82.2 Å². The van der Waals surface area contributed by atoms with E-state index < -0.39 is 16.1 Å². The number of aromatic nitrogens is 2. The van der Waals surface area contributed by atoms with Crippen LogP contribution in [0.1, 0.15) is 79.1 Å². The maximum atomic E-state index is 2.75. The highest BCUT2D eigenvalue weighted by Gasteiger charge is 2.49. The van der Waals surface area contributed by atoms with Gasteiger partial charge in [-0.3, -0.25) is 0 Å². The van der Waals surface area contributed by atoms with Gasteiger partial charge in [0.15, 0.2) is 24.8 Å². The summed E-state index contributed by atoms with van der Waals surface area (Å²) in [6.07, 6.45) is 19.3. The minimum Gasteiger partial charge on any atom is -0.208 e. The van der Waals surface area contributed by atoms with Crippen LogP contribution in [0.5, 0.6) is 0 Å². The standard InChI is InChI=1S/C44H54N2S4Si2/c1-7-11-23-51(24-12-8-2)37-27-33(31-15-19-45(5)20-16-31)47-41(37)43-39(51)29-35(49-43)36-30-40-44(50-36)42-38(52(40,25-13-9-3)26-14-10-4)28-34(48-42)32-17-21-46(6)22-18-32/h15-22,27-30H,7-14,23-26H2,1-6H3/q+2. The Balaban J connectivity index is 1.27. The van der Waals surface area contributed by atoms with E-state index in [0.29, 0.717) is 0 Å². The number of aryl methyl sites for hydroxylation is 2. The Morgan fingerprint density at radius 3 is 0.981 bits per heavy atom. The molecule has 0 unspecified atom stereocenters. The van der Waals surface area contributed by atoms with Crippen LogP contribution in [0.3, 0.4) is 0 Å². The molecule has 2 aliphatic rings. The van der Waals surface area contributed by atoms with Gasteiger partial charge in [0.1, 0.15) is 30.2 Å². The second kappa shape index (κ2) is 15.0. The molecule has 6 aromatic rings. The van der Waals surface area contributed by atoms with Crippen molar-refractivity contribution in [3.8, 4) is 50.1 Å². The fraction of sp³-hybridized carbons (Fsp3) is 0.409. The summed E-state index contributed by atoms with van der Waals surface area (Å²) in [4.78, 5) is 12.5. The molecule has 6 aromatic heterocycles. The Kier molecular flexibility index (Phi) is 10.5. The topological polar surface area (TPSA) is 7.76 Å². The fourth-order valence-corrected chi connectivity index (χ4v) is 28.4. The lowest BCUT2D eigenvalue weighted by Crippen LogP contribution is -2.54. The molecule has 2 nitrogen and oxygen atoms in total. The maximum Gasteiger partial charge on any atom is 0.169 e. The molecule has 0 fully saturated rings. The lowest BCUT2D eigenvalue weighted by atomic mass is 10.2. The lowest BCUT2D eigenvalue weighted by molar-refractivity contribution is -0.671. The van der Waals surface area contributed by atoms with Crippen molar-refractivity contribution in [3.05, 3.63) is 73.3 Å². The molecule has 8 heteroatoms. The van der Waals surface area contributed by atoms with Crippen LogP contribution in [0.2, 0.25) is 24.2 Å². The summed E-state index contributed by atoms with van der Waals surface area (Å²) in [7, 11) is 0.473. The van der Waals surface area contributed by atoms with Crippen molar-refractivity contribution in [2.45, 2.75) is 103 Å². The molecule has 270 valence electrons. The summed E-state index contributed by atoms with van der Waals surface area (Å²) in [5.41, 5.74) is 2.74. The minimum absolute atomic E-state index is 1.28. The molecule has 0 aliphatic carbocycles. The Labute approximate surface area is 329 Å². The third-order valence-corrected chi connectivity index (χ3v) is 28.4. The smallest absolute Gasteiger partial charge is 0.169 e. The largest absolute Gasteiger partial charge is 0.208 e. The van der Waals surface area contributed by atoms with E-state index in [4.69, 9.17) is 0 Å². The number of nitrogens with zero attached hydrogens (tertiary/aromatic N) is 2. The first-order valence-corrected chi connectivity index (χ1v) is 27.9. The van der Waals surface area contributed by atoms with Gasteiger partial charge < -0.3 is 0 Å². The van der Waals surface area contributed by atoms with Crippen LogP contribution in [0.15, 0.2) is 73.3 Å². The van der Waals surface area contributed by atoms with E-state index in [1.807, 2.05) is 0 Å². The first-order chi connectivity index (χ1) is 25.4. The molecule has 2 aliphatic heterocycles. The van der Waals surface area contributed by atoms with Crippen LogP contribution < -0.4 is 29.9 Å². The number of pyridine rings is 2. The Bertz CT molecular complexity index is 2010. The van der Waals surface area contributed by atoms with Gasteiger partial charge in [-0.1, -0.05) is 79.1 Å². The normalized spacial score (nSPS) is 14.8. The number of hydrogen-bond donors (Lipinski definition) is 0. The summed E-state index contributed by atoms with van der Waals surface area (Å²) in [6, 6.07) is 25.6. The molecule has 8 rings (SSSR count). The predicted molar refractivity (Wildman–Crippen MR) is 236 cm³/mol. The van der Waals surface area contributed by atoms with E-state index >= 15 is 0 Å². The molecule has 0 N–H and O–H groups in total. The van der Waals surface area contributed by atoms with Crippen molar-refractivity contribution < 1.29 is 9.13 Å². The fourth-order valence-electron chi connectivity index (χ4n) is 9.05. The molecule has 52 heavy (non-hydrogen) atoms. The summed E-state index contributed by atoms with van der Waals surface area (Å²) >= 11 is 8.45. The van der Waals surface area contributed by atoms with Gasteiger partial charge >= 0.3 is 0 Å². The second-order valence-electron chi connectivity index (χ2n) is 15.5. The average Bonchev–Trinajstić information content (AvgIpc) is 4.00. The maximum absolute atomic E-state index is 2.75. The molecule has 0 radical (unpaired) electrons. The molecule has 0 saturated heterocycles. The molecule has 0 atom stereocenters. The first-order valence-electron chi connectivity index (χ1n) is 19.9. The molecule has 0 saturated carbocycles. The van der Waals surface area contributed by atoms with Crippen molar-refractivity contribution in [1.82, 2.24) is 0 Å². The van der Waals surface area contributed by atoms with Crippen LogP contribution >= 0.6 is 45.3 Å². The molecule has 0 aromatic carbocycles. The quantitative estimate of drug-likeness (QED) is 0.0723. The summed E-state index contributed by atoms with van der Waals surface area (Å²) in [5.74, 6) is 0. The van der Waals surface area contributed by atoms with Crippen LogP contribution in [0.25, 0.3) is 50.1 Å². The molecule has 0 spiro atoms. The van der Waals surface area contributed by atoms with Gasteiger partial charge in [-0.05, 0) is 69.2 Å². The van der Waals surface area contributed by atoms with E-state index in [-0.39, 0.29) is 0 Å². The molecule has 8 heterocycles. The first kappa shape index (κ1) is 36.5. The highest BCUT2D eigenvalue weighted by Crippen LogP contribution is 2.51. The van der Waals surface area contributed by atoms with E-state index in [0.717, 1.165) is 0 Å². The Morgan fingerprint density at radius 1 is 0.423 bits per heavy atom. The van der Waals surface area contributed by atoms with E-state index in [9.17, 15) is 0 Å². The second-order valence-corrected chi connectivity index (χ2v) is 28.2. The molecule has 0 bridgehead atoms. The van der Waals surface area contributed by atoms with Gasteiger partial charge in [-0.2, -0.15) is 0 Å². The summed E-state index contributed by atoms with van der Waals surface area (Å²) < 4.78 is 4.30.